The van der Waals surface area contributed by atoms with Crippen molar-refractivity contribution >= 4 is 17.5 Å². The van der Waals surface area contributed by atoms with Crippen molar-refractivity contribution in [3.8, 4) is 11.5 Å². The highest BCUT2D eigenvalue weighted by Gasteiger charge is 2.43. The molecule has 11 heteroatoms. The molecule has 0 aromatic heterocycles. The van der Waals surface area contributed by atoms with Gasteiger partial charge in [-0.15, -0.1) is 0 Å². The minimum absolute atomic E-state index is 0.0215. The fraction of sp³-hybridized carbons (Fsp3) is 0.348. The summed E-state index contributed by atoms with van der Waals surface area (Å²) in [5.74, 6) is -2.35. The zero-order chi connectivity index (χ0) is 24.9. The van der Waals surface area contributed by atoms with Crippen molar-refractivity contribution in [3.63, 3.8) is 0 Å². The Bertz CT molecular complexity index is 1190. The maximum absolute atomic E-state index is 13.1. The standard InChI is InChI=1S/C23H22O11/c1-8-3-11-12(18(26)16-13(17(11)25)4-9(32-2)5-14(16)24)6-10(8)22(30)33-7-15-19(27)20(28)21(29)23(31)34-15/h3-6,15,19-21,23-24,27-29,31H,7H2,1-2H3. The summed E-state index contributed by atoms with van der Waals surface area (Å²) in [4.78, 5) is 38.8. The number of aliphatic hydroxyl groups is 4. The van der Waals surface area contributed by atoms with E-state index in [1.807, 2.05) is 0 Å². The lowest BCUT2D eigenvalue weighted by Crippen LogP contribution is -2.58. The third-order valence-corrected chi connectivity index (χ3v) is 5.94. The molecule has 5 unspecified atom stereocenters. The average Bonchev–Trinajstić information content (AvgIpc) is 2.81. The number of ketones is 2. The smallest absolute Gasteiger partial charge is 0.338 e. The van der Waals surface area contributed by atoms with Gasteiger partial charge in [0.25, 0.3) is 0 Å². The molecule has 0 spiro atoms. The van der Waals surface area contributed by atoms with Gasteiger partial charge in [-0.3, -0.25) is 9.59 Å². The van der Waals surface area contributed by atoms with Crippen LogP contribution in [0.25, 0.3) is 0 Å². The molecule has 0 saturated carbocycles. The molecule has 180 valence electrons. The SMILES string of the molecule is COc1cc(O)c2c(c1)C(=O)c1cc(C)c(C(=O)OCC3OC(O)C(O)C(O)C3O)cc1C2=O. The van der Waals surface area contributed by atoms with Gasteiger partial charge in [0.15, 0.2) is 17.9 Å². The quantitative estimate of drug-likeness (QED) is 0.306. The van der Waals surface area contributed by atoms with Gasteiger partial charge in [0.2, 0.25) is 0 Å². The van der Waals surface area contributed by atoms with Gasteiger partial charge in [-0.2, -0.15) is 0 Å². The van der Waals surface area contributed by atoms with Crippen LogP contribution in [0.2, 0.25) is 0 Å². The van der Waals surface area contributed by atoms with Crippen molar-refractivity contribution in [1.82, 2.24) is 0 Å². The molecule has 2 aromatic carbocycles. The van der Waals surface area contributed by atoms with Gasteiger partial charge in [0.1, 0.15) is 42.5 Å². The average molecular weight is 474 g/mol. The maximum Gasteiger partial charge on any atom is 0.338 e. The highest BCUT2D eigenvalue weighted by molar-refractivity contribution is 6.29. The van der Waals surface area contributed by atoms with E-state index in [-0.39, 0.29) is 33.6 Å². The number of aryl methyl sites for hydroxylation is 1. The number of ether oxygens (including phenoxy) is 3. The zero-order valence-electron chi connectivity index (χ0n) is 18.1. The van der Waals surface area contributed by atoms with E-state index in [1.54, 1.807) is 0 Å². The first-order valence-corrected chi connectivity index (χ1v) is 10.2. The van der Waals surface area contributed by atoms with Crippen molar-refractivity contribution < 1.29 is 54.1 Å². The van der Waals surface area contributed by atoms with E-state index in [0.29, 0.717) is 5.56 Å². The Morgan fingerprint density at radius 2 is 1.62 bits per heavy atom. The second-order valence-electron chi connectivity index (χ2n) is 8.08. The number of phenolic OH excluding ortho intramolecular Hbond substituents is 1. The molecule has 0 amide bonds. The predicted octanol–water partition coefficient (Wildman–Crippen LogP) is -0.559. The Balaban J connectivity index is 1.60. The van der Waals surface area contributed by atoms with Gasteiger partial charge in [-0.25, -0.2) is 4.79 Å². The number of aliphatic hydroxyl groups excluding tert-OH is 4. The Hall–Kier alpha value is -3.35. The number of rotatable bonds is 4. The molecule has 1 aliphatic carbocycles. The normalized spacial score (nSPS) is 26.0. The third-order valence-electron chi connectivity index (χ3n) is 5.94. The molecule has 5 N–H and O–H groups in total. The van der Waals surface area contributed by atoms with E-state index in [2.05, 4.69) is 0 Å². The highest BCUT2D eigenvalue weighted by Crippen LogP contribution is 2.37. The summed E-state index contributed by atoms with van der Waals surface area (Å²) in [6, 6.07) is 5.10. The molecule has 5 atom stereocenters. The van der Waals surface area contributed by atoms with E-state index in [4.69, 9.17) is 14.2 Å². The van der Waals surface area contributed by atoms with Gasteiger partial charge in [-0.05, 0) is 30.7 Å². The summed E-state index contributed by atoms with van der Waals surface area (Å²) in [6.07, 6.45) is -8.19. The van der Waals surface area contributed by atoms with E-state index in [1.165, 1.54) is 38.3 Å². The first kappa shape index (κ1) is 23.8. The minimum atomic E-state index is -1.79. The molecular weight excluding hydrogens is 452 g/mol. The second-order valence-corrected chi connectivity index (χ2v) is 8.08. The number of hydrogen-bond acceptors (Lipinski definition) is 11. The van der Waals surface area contributed by atoms with E-state index < -0.39 is 60.6 Å². The van der Waals surface area contributed by atoms with Crippen LogP contribution >= 0.6 is 0 Å². The lowest BCUT2D eigenvalue weighted by Gasteiger charge is -2.37. The van der Waals surface area contributed by atoms with Crippen LogP contribution in [0.15, 0.2) is 24.3 Å². The zero-order valence-corrected chi connectivity index (χ0v) is 18.1. The molecule has 0 bridgehead atoms. The molecule has 34 heavy (non-hydrogen) atoms. The first-order chi connectivity index (χ1) is 16.0. The topological polar surface area (TPSA) is 180 Å². The van der Waals surface area contributed by atoms with E-state index in [0.717, 1.165) is 0 Å². The van der Waals surface area contributed by atoms with Crippen molar-refractivity contribution in [2.45, 2.75) is 37.6 Å². The number of esters is 1. The minimum Gasteiger partial charge on any atom is -0.507 e. The summed E-state index contributed by atoms with van der Waals surface area (Å²) >= 11 is 0. The molecule has 2 aromatic rings. The second kappa shape index (κ2) is 8.78. The number of fused-ring (bicyclic) bond motifs is 2. The monoisotopic (exact) mass is 474 g/mol. The molecule has 0 radical (unpaired) electrons. The fourth-order valence-electron chi connectivity index (χ4n) is 4.02. The van der Waals surface area contributed by atoms with Gasteiger partial charge >= 0.3 is 5.97 Å². The summed E-state index contributed by atoms with van der Waals surface area (Å²) in [7, 11) is 1.35. The Labute approximate surface area is 192 Å². The molecule has 11 nitrogen and oxygen atoms in total. The molecule has 1 heterocycles. The Morgan fingerprint density at radius 1 is 0.941 bits per heavy atom. The van der Waals surface area contributed by atoms with Crippen molar-refractivity contribution in [2.75, 3.05) is 13.7 Å². The van der Waals surface area contributed by atoms with Crippen molar-refractivity contribution in [2.24, 2.45) is 0 Å². The summed E-state index contributed by atoms with van der Waals surface area (Å²) < 4.78 is 15.2. The van der Waals surface area contributed by atoms with Crippen LogP contribution < -0.4 is 4.74 Å². The van der Waals surface area contributed by atoms with Gasteiger partial charge in [-0.1, -0.05) is 0 Å². The summed E-state index contributed by atoms with van der Waals surface area (Å²) in [5, 5.41) is 49.2. The van der Waals surface area contributed by atoms with Crippen LogP contribution in [0.1, 0.15) is 47.8 Å². The van der Waals surface area contributed by atoms with Crippen LogP contribution in [0, 0.1) is 6.92 Å². The molecule has 1 fully saturated rings. The third kappa shape index (κ3) is 3.83. The lowest BCUT2D eigenvalue weighted by atomic mass is 9.81. The summed E-state index contributed by atoms with van der Waals surface area (Å²) in [5.41, 5.74) is -0.0127. The van der Waals surface area contributed by atoms with Gasteiger partial charge in [0, 0.05) is 22.8 Å². The van der Waals surface area contributed by atoms with Crippen molar-refractivity contribution in [1.29, 1.82) is 0 Å². The van der Waals surface area contributed by atoms with Crippen LogP contribution in [-0.2, 0) is 9.47 Å². The van der Waals surface area contributed by atoms with Crippen LogP contribution in [0.5, 0.6) is 11.5 Å². The lowest BCUT2D eigenvalue weighted by molar-refractivity contribution is -0.286. The largest absolute Gasteiger partial charge is 0.507 e. The number of benzene rings is 2. The maximum atomic E-state index is 13.1. The highest BCUT2D eigenvalue weighted by atomic mass is 16.6. The van der Waals surface area contributed by atoms with Gasteiger partial charge in [0.05, 0.1) is 18.2 Å². The van der Waals surface area contributed by atoms with Crippen LogP contribution in [0.4, 0.5) is 0 Å². The molecule has 1 aliphatic heterocycles. The molecular formula is C23H22O11. The summed E-state index contributed by atoms with van der Waals surface area (Å²) in [6.45, 7) is 0.955. The first-order valence-electron chi connectivity index (χ1n) is 10.2. The molecule has 4 rings (SSSR count). The number of carbonyl (C=O) groups excluding carboxylic acids is 3. The predicted molar refractivity (Wildman–Crippen MR) is 112 cm³/mol. The fourth-order valence-corrected chi connectivity index (χ4v) is 4.02. The van der Waals surface area contributed by atoms with E-state index >= 15 is 0 Å². The van der Waals surface area contributed by atoms with Crippen LogP contribution in [0.3, 0.4) is 0 Å². The van der Waals surface area contributed by atoms with Gasteiger partial charge < -0.3 is 39.7 Å². The number of hydrogen-bond donors (Lipinski definition) is 5. The Kier molecular flexibility index (Phi) is 6.14. The molecule has 2 aliphatic rings. The number of methoxy groups -OCH3 is 1. The molecule has 1 saturated heterocycles. The van der Waals surface area contributed by atoms with E-state index in [9.17, 15) is 39.9 Å². The number of carbonyl (C=O) groups is 3. The van der Waals surface area contributed by atoms with Crippen LogP contribution in [-0.4, -0.2) is 87.5 Å². The Morgan fingerprint density at radius 3 is 2.29 bits per heavy atom. The number of phenols is 1. The van der Waals surface area contributed by atoms with Crippen molar-refractivity contribution in [3.05, 3.63) is 57.6 Å². The number of aromatic hydroxyl groups is 1.